The molecule has 1 aliphatic rings. The molecule has 138 valence electrons. The normalized spacial score (nSPS) is 17.4. The van der Waals surface area contributed by atoms with Gasteiger partial charge in [0.2, 0.25) is 5.82 Å². The maximum absolute atomic E-state index is 13.1. The second-order valence-corrected chi connectivity index (χ2v) is 12.5. The highest BCUT2D eigenvalue weighted by Crippen LogP contribution is 2.37. The molecule has 0 N–H and O–H groups in total. The maximum Gasteiger partial charge on any atom is 0.416 e. The summed E-state index contributed by atoms with van der Waals surface area (Å²) in [7, 11) is -1.55. The van der Waals surface area contributed by atoms with E-state index in [0.717, 1.165) is 36.8 Å². The first-order valence-electron chi connectivity index (χ1n) is 8.70. The summed E-state index contributed by atoms with van der Waals surface area (Å²) in [5.74, 6) is 4.07. The lowest BCUT2D eigenvalue weighted by molar-refractivity contribution is -0.137. The number of aryl methyl sites for hydroxylation is 2. The summed E-state index contributed by atoms with van der Waals surface area (Å²) in [5.41, 5.74) is 4.15. The Morgan fingerprint density at radius 2 is 1.96 bits per heavy atom. The van der Waals surface area contributed by atoms with Gasteiger partial charge in [0.25, 0.3) is 0 Å². The second-order valence-electron chi connectivity index (χ2n) is 7.78. The molecule has 3 nitrogen and oxygen atoms in total. The predicted molar refractivity (Wildman–Crippen MR) is 97.5 cm³/mol. The van der Waals surface area contributed by atoms with E-state index >= 15 is 0 Å². The number of hydrogen-bond acceptors (Lipinski definition) is 2. The van der Waals surface area contributed by atoms with Gasteiger partial charge in [0.1, 0.15) is 13.9 Å². The third-order valence-electron chi connectivity index (χ3n) is 4.41. The van der Waals surface area contributed by atoms with Crippen molar-refractivity contribution in [3.8, 4) is 11.5 Å². The molecule has 0 amide bonds. The third kappa shape index (κ3) is 4.01. The van der Waals surface area contributed by atoms with Crippen LogP contribution in [0.2, 0.25) is 19.6 Å². The van der Waals surface area contributed by atoms with Gasteiger partial charge in [-0.3, -0.25) is 0 Å². The molecule has 0 saturated heterocycles. The lowest BCUT2D eigenvalue weighted by atomic mass is 9.87. The predicted octanol–water partition coefficient (Wildman–Crippen LogP) is 4.76. The van der Waals surface area contributed by atoms with Crippen LogP contribution in [0.4, 0.5) is 13.2 Å². The fourth-order valence-corrected chi connectivity index (χ4v) is 3.62. The molecule has 2 aromatic rings. The summed E-state index contributed by atoms with van der Waals surface area (Å²) in [6, 6.07) is 3.94. The van der Waals surface area contributed by atoms with Crippen LogP contribution in [0.3, 0.4) is 0 Å². The van der Waals surface area contributed by atoms with Crippen molar-refractivity contribution in [3.63, 3.8) is 0 Å². The van der Waals surface area contributed by atoms with E-state index in [1.807, 2.05) is 11.6 Å². The first-order chi connectivity index (χ1) is 12.0. The Morgan fingerprint density at radius 1 is 1.23 bits per heavy atom. The van der Waals surface area contributed by atoms with Gasteiger partial charge >= 0.3 is 6.18 Å². The Labute approximate surface area is 152 Å². The Morgan fingerprint density at radius 3 is 2.62 bits per heavy atom. The van der Waals surface area contributed by atoms with Gasteiger partial charge in [-0.05, 0) is 48.9 Å². The Balaban J connectivity index is 2.02. The number of alkyl halides is 3. The summed E-state index contributed by atoms with van der Waals surface area (Å²) in [6.45, 7) is 9.00. The highest BCUT2D eigenvalue weighted by Gasteiger charge is 2.33. The molecular formula is C19H22F3N3Si. The molecular weight excluding hydrogens is 355 g/mol. The van der Waals surface area contributed by atoms with E-state index in [9.17, 15) is 13.2 Å². The number of aromatic nitrogens is 3. The molecule has 0 saturated carbocycles. The quantitative estimate of drug-likeness (QED) is 0.530. The third-order valence-corrected chi connectivity index (χ3v) is 5.28. The average molecular weight is 377 g/mol. The van der Waals surface area contributed by atoms with Crippen molar-refractivity contribution in [2.24, 2.45) is 0 Å². The van der Waals surface area contributed by atoms with Gasteiger partial charge in [0.15, 0.2) is 0 Å². The number of rotatable bonds is 1. The Kier molecular flexibility index (Phi) is 4.74. The SMILES string of the molecule is Cc1ccc(C(F)(F)F)cc1C1CCCn2nc(C#C[Si](C)(C)C)nc21. The van der Waals surface area contributed by atoms with Crippen LogP contribution in [0.5, 0.6) is 0 Å². The first kappa shape index (κ1) is 18.7. The van der Waals surface area contributed by atoms with Gasteiger partial charge < -0.3 is 0 Å². The van der Waals surface area contributed by atoms with Crippen LogP contribution >= 0.6 is 0 Å². The Bertz CT molecular complexity index is 882. The molecule has 0 fully saturated rings. The van der Waals surface area contributed by atoms with Crippen molar-refractivity contribution in [1.82, 2.24) is 14.8 Å². The van der Waals surface area contributed by atoms with E-state index < -0.39 is 19.8 Å². The first-order valence-corrected chi connectivity index (χ1v) is 12.2. The van der Waals surface area contributed by atoms with E-state index in [4.69, 9.17) is 0 Å². The maximum atomic E-state index is 13.1. The Hall–Kier alpha value is -2.07. The summed E-state index contributed by atoms with van der Waals surface area (Å²) in [5, 5.41) is 4.46. The van der Waals surface area contributed by atoms with Gasteiger partial charge in [-0.25, -0.2) is 9.67 Å². The zero-order chi connectivity index (χ0) is 19.1. The van der Waals surface area contributed by atoms with E-state index in [1.54, 1.807) is 6.07 Å². The van der Waals surface area contributed by atoms with Gasteiger partial charge in [-0.2, -0.15) is 13.2 Å². The van der Waals surface area contributed by atoms with Crippen LogP contribution in [-0.4, -0.2) is 22.8 Å². The lowest BCUT2D eigenvalue weighted by Gasteiger charge is -2.24. The number of nitrogens with zero attached hydrogens (tertiary/aromatic N) is 3. The zero-order valence-electron chi connectivity index (χ0n) is 15.4. The molecule has 3 rings (SSSR count). The molecule has 0 spiro atoms. The van der Waals surface area contributed by atoms with Gasteiger partial charge in [0, 0.05) is 12.5 Å². The minimum absolute atomic E-state index is 0.180. The van der Waals surface area contributed by atoms with Crippen LogP contribution in [0.25, 0.3) is 0 Å². The molecule has 0 radical (unpaired) electrons. The van der Waals surface area contributed by atoms with E-state index in [-0.39, 0.29) is 5.92 Å². The summed E-state index contributed by atoms with van der Waals surface area (Å²) >= 11 is 0. The number of halogens is 3. The van der Waals surface area contributed by atoms with Crippen molar-refractivity contribution < 1.29 is 13.2 Å². The average Bonchev–Trinajstić information content (AvgIpc) is 2.95. The molecule has 1 unspecified atom stereocenters. The van der Waals surface area contributed by atoms with Crippen LogP contribution in [-0.2, 0) is 12.7 Å². The molecule has 7 heteroatoms. The number of fused-ring (bicyclic) bond motifs is 1. The second kappa shape index (κ2) is 6.58. The van der Waals surface area contributed by atoms with E-state index in [1.165, 1.54) is 6.07 Å². The van der Waals surface area contributed by atoms with Gasteiger partial charge in [0.05, 0.1) is 5.56 Å². The van der Waals surface area contributed by atoms with E-state index in [0.29, 0.717) is 11.4 Å². The van der Waals surface area contributed by atoms with Crippen molar-refractivity contribution in [3.05, 3.63) is 46.5 Å². The fourth-order valence-electron chi connectivity index (χ4n) is 3.13. The minimum Gasteiger partial charge on any atom is -0.248 e. The molecule has 1 aromatic carbocycles. The van der Waals surface area contributed by atoms with Crippen LogP contribution in [0.15, 0.2) is 18.2 Å². The standard InChI is InChI=1S/C19H22F3N3Si/c1-13-7-8-14(19(20,21)22)12-16(13)15-6-5-10-25-18(15)23-17(24-25)9-11-26(2,3)4/h7-8,12,15H,5-6,10H2,1-4H3. The summed E-state index contributed by atoms with van der Waals surface area (Å²) in [4.78, 5) is 4.56. The molecule has 0 bridgehead atoms. The number of benzene rings is 1. The van der Waals surface area contributed by atoms with Gasteiger partial charge in [-0.15, -0.1) is 10.6 Å². The van der Waals surface area contributed by atoms with Crippen molar-refractivity contribution >= 4 is 8.07 Å². The summed E-state index contributed by atoms with van der Waals surface area (Å²) in [6.07, 6.45) is -2.72. The zero-order valence-corrected chi connectivity index (χ0v) is 16.4. The lowest BCUT2D eigenvalue weighted by Crippen LogP contribution is -2.19. The van der Waals surface area contributed by atoms with Crippen LogP contribution in [0.1, 0.15) is 47.1 Å². The molecule has 1 aliphatic heterocycles. The van der Waals surface area contributed by atoms with Crippen LogP contribution < -0.4 is 0 Å². The van der Waals surface area contributed by atoms with Crippen LogP contribution in [0, 0.1) is 18.4 Å². The minimum atomic E-state index is -4.35. The van der Waals surface area contributed by atoms with Gasteiger partial charge in [-0.1, -0.05) is 25.7 Å². The monoisotopic (exact) mass is 377 g/mol. The topological polar surface area (TPSA) is 30.7 Å². The molecule has 26 heavy (non-hydrogen) atoms. The molecule has 1 aromatic heterocycles. The fraction of sp³-hybridized carbons (Fsp3) is 0.474. The highest BCUT2D eigenvalue weighted by atomic mass is 28.3. The van der Waals surface area contributed by atoms with Crippen molar-refractivity contribution in [1.29, 1.82) is 0 Å². The summed E-state index contributed by atoms with van der Waals surface area (Å²) < 4.78 is 41.2. The molecule has 1 atom stereocenters. The number of hydrogen-bond donors (Lipinski definition) is 0. The largest absolute Gasteiger partial charge is 0.416 e. The van der Waals surface area contributed by atoms with E-state index in [2.05, 4.69) is 41.2 Å². The van der Waals surface area contributed by atoms with Crippen molar-refractivity contribution in [2.75, 3.05) is 0 Å². The molecule has 0 aliphatic carbocycles. The van der Waals surface area contributed by atoms with Crippen molar-refractivity contribution in [2.45, 2.75) is 58.0 Å². The highest BCUT2D eigenvalue weighted by molar-refractivity contribution is 6.83. The smallest absolute Gasteiger partial charge is 0.248 e. The molecule has 2 heterocycles.